The summed E-state index contributed by atoms with van der Waals surface area (Å²) in [7, 11) is 0. The third-order valence-corrected chi connectivity index (χ3v) is 8.46. The van der Waals surface area contributed by atoms with Gasteiger partial charge in [-0.25, -0.2) is 0 Å². The number of likely N-dealkylation sites (tertiary alicyclic amines) is 1. The molecular formula is C34H47N3O6. The second-order valence-electron chi connectivity index (χ2n) is 11.5. The molecular weight excluding hydrogens is 546 g/mol. The molecule has 0 aromatic heterocycles. The molecule has 234 valence electrons. The molecule has 0 radical (unpaired) electrons. The predicted octanol–water partition coefficient (Wildman–Crippen LogP) is 4.84. The molecule has 1 fully saturated rings. The molecule has 1 saturated heterocycles. The number of carbonyl (C=O) groups excluding carboxylic acids is 3. The highest BCUT2D eigenvalue weighted by Crippen LogP contribution is 2.42. The lowest BCUT2D eigenvalue weighted by Gasteiger charge is -2.34. The fourth-order valence-electron chi connectivity index (χ4n) is 6.09. The summed E-state index contributed by atoms with van der Waals surface area (Å²) >= 11 is 0. The van der Waals surface area contributed by atoms with Gasteiger partial charge in [0, 0.05) is 51.6 Å². The van der Waals surface area contributed by atoms with Gasteiger partial charge in [0.2, 0.25) is 18.6 Å². The van der Waals surface area contributed by atoms with E-state index >= 15 is 0 Å². The first-order valence-corrected chi connectivity index (χ1v) is 15.7. The van der Waals surface area contributed by atoms with Gasteiger partial charge in [0.1, 0.15) is 0 Å². The molecule has 9 nitrogen and oxygen atoms in total. The number of nitrogens with zero attached hydrogens (tertiary/aromatic N) is 3. The van der Waals surface area contributed by atoms with Gasteiger partial charge in [-0.15, -0.1) is 0 Å². The summed E-state index contributed by atoms with van der Waals surface area (Å²) in [5.74, 6) is 0.136. The van der Waals surface area contributed by atoms with Crippen LogP contribution in [0.2, 0.25) is 0 Å². The summed E-state index contributed by atoms with van der Waals surface area (Å²) in [6.45, 7) is 10.8. The molecule has 0 bridgehead atoms. The summed E-state index contributed by atoms with van der Waals surface area (Å²) in [5.41, 5.74) is 1.93. The minimum Gasteiger partial charge on any atom is -0.466 e. The minimum absolute atomic E-state index is 0.0540. The Hall–Kier alpha value is -3.59. The van der Waals surface area contributed by atoms with Gasteiger partial charge in [0.05, 0.1) is 19.1 Å². The van der Waals surface area contributed by atoms with E-state index in [-0.39, 0.29) is 43.6 Å². The molecule has 2 aromatic carbocycles. The molecule has 3 atom stereocenters. The standard InChI is InChI=1S/C34H47N3O6/c1-5-8-17-35(18-9-6-2)32(39)23-37-21-28(27-15-16-30-31(19-27)43-24-42-30)33(34(40)41-7-3)29(37)22-36(25(4)38)20-26-13-11-10-12-14-26/h10-16,19,28-29,33H,5-9,17-18,20-24H2,1-4H3/t28-,29-,33+/m1/s1. The lowest BCUT2D eigenvalue weighted by molar-refractivity contribution is -0.150. The van der Waals surface area contributed by atoms with Crippen molar-refractivity contribution in [3.63, 3.8) is 0 Å². The summed E-state index contributed by atoms with van der Waals surface area (Å²) in [6.07, 6.45) is 3.90. The molecule has 43 heavy (non-hydrogen) atoms. The summed E-state index contributed by atoms with van der Waals surface area (Å²) in [4.78, 5) is 46.4. The zero-order valence-corrected chi connectivity index (χ0v) is 26.1. The maximum Gasteiger partial charge on any atom is 0.311 e. The lowest BCUT2D eigenvalue weighted by atomic mass is 9.84. The first-order valence-electron chi connectivity index (χ1n) is 15.7. The molecule has 9 heteroatoms. The van der Waals surface area contributed by atoms with Gasteiger partial charge >= 0.3 is 5.97 Å². The number of unbranched alkanes of at least 4 members (excludes halogenated alkanes) is 2. The van der Waals surface area contributed by atoms with Gasteiger partial charge < -0.3 is 24.0 Å². The molecule has 2 aliphatic heterocycles. The number of amides is 2. The second kappa shape index (κ2) is 15.8. The van der Waals surface area contributed by atoms with E-state index in [1.807, 2.05) is 53.4 Å². The highest BCUT2D eigenvalue weighted by atomic mass is 16.7. The van der Waals surface area contributed by atoms with Crippen LogP contribution in [0.15, 0.2) is 48.5 Å². The highest BCUT2D eigenvalue weighted by Gasteiger charge is 2.49. The van der Waals surface area contributed by atoms with E-state index in [1.165, 1.54) is 0 Å². The van der Waals surface area contributed by atoms with E-state index in [0.29, 0.717) is 44.2 Å². The fourth-order valence-corrected chi connectivity index (χ4v) is 6.09. The van der Waals surface area contributed by atoms with Crippen LogP contribution in [-0.2, 0) is 25.7 Å². The maximum atomic E-state index is 13.8. The van der Waals surface area contributed by atoms with Crippen LogP contribution in [0, 0.1) is 5.92 Å². The van der Waals surface area contributed by atoms with E-state index in [9.17, 15) is 14.4 Å². The Morgan fingerprint density at radius 2 is 1.63 bits per heavy atom. The van der Waals surface area contributed by atoms with Gasteiger partial charge in [-0.1, -0.05) is 63.1 Å². The number of rotatable bonds is 15. The van der Waals surface area contributed by atoms with E-state index < -0.39 is 12.0 Å². The summed E-state index contributed by atoms with van der Waals surface area (Å²) in [5, 5.41) is 0. The largest absolute Gasteiger partial charge is 0.466 e. The van der Waals surface area contributed by atoms with Crippen LogP contribution in [0.3, 0.4) is 0 Å². The zero-order valence-electron chi connectivity index (χ0n) is 26.1. The van der Waals surface area contributed by atoms with Crippen molar-refractivity contribution in [2.75, 3.05) is 46.1 Å². The van der Waals surface area contributed by atoms with Crippen LogP contribution < -0.4 is 9.47 Å². The van der Waals surface area contributed by atoms with Crippen LogP contribution in [-0.4, -0.2) is 84.6 Å². The highest BCUT2D eigenvalue weighted by molar-refractivity contribution is 5.80. The SMILES string of the molecule is CCCCN(CCCC)C(=O)CN1C[C@H](c2ccc3c(c2)OCO3)[C@H](C(=O)OCC)[C@H]1CN(Cc1ccccc1)C(C)=O. The molecule has 0 unspecified atom stereocenters. The van der Waals surface area contributed by atoms with Crippen molar-refractivity contribution in [1.82, 2.24) is 14.7 Å². The molecule has 0 aliphatic carbocycles. The van der Waals surface area contributed by atoms with E-state index in [4.69, 9.17) is 14.2 Å². The van der Waals surface area contributed by atoms with Crippen molar-refractivity contribution < 1.29 is 28.6 Å². The Balaban J connectivity index is 1.69. The molecule has 0 spiro atoms. The van der Waals surface area contributed by atoms with Gasteiger partial charge in [0.15, 0.2) is 11.5 Å². The normalized spacial score (nSPS) is 19.3. The number of esters is 1. The average molecular weight is 594 g/mol. The van der Waals surface area contributed by atoms with Gasteiger partial charge in [-0.2, -0.15) is 0 Å². The van der Waals surface area contributed by atoms with Crippen molar-refractivity contribution in [3.05, 3.63) is 59.7 Å². The Labute approximate surface area is 256 Å². The monoisotopic (exact) mass is 593 g/mol. The summed E-state index contributed by atoms with van der Waals surface area (Å²) < 4.78 is 16.8. The zero-order chi connectivity index (χ0) is 30.8. The Morgan fingerprint density at radius 1 is 0.930 bits per heavy atom. The number of hydrogen-bond donors (Lipinski definition) is 0. The second-order valence-corrected chi connectivity index (χ2v) is 11.5. The predicted molar refractivity (Wildman–Crippen MR) is 165 cm³/mol. The van der Waals surface area contributed by atoms with Crippen molar-refractivity contribution in [2.24, 2.45) is 5.92 Å². The van der Waals surface area contributed by atoms with Gasteiger partial charge in [0.25, 0.3) is 0 Å². The van der Waals surface area contributed by atoms with Crippen LogP contribution in [0.1, 0.15) is 70.4 Å². The molecule has 2 amide bonds. The Kier molecular flexibility index (Phi) is 11.8. The first kappa shape index (κ1) is 32.3. The molecule has 0 saturated carbocycles. The third-order valence-electron chi connectivity index (χ3n) is 8.46. The molecule has 0 N–H and O–H groups in total. The first-order chi connectivity index (χ1) is 20.9. The minimum atomic E-state index is -0.578. The van der Waals surface area contributed by atoms with E-state index in [0.717, 1.165) is 36.8 Å². The van der Waals surface area contributed by atoms with Crippen LogP contribution in [0.4, 0.5) is 0 Å². The smallest absolute Gasteiger partial charge is 0.311 e. The number of fused-ring (bicyclic) bond motifs is 1. The molecule has 2 aromatic rings. The summed E-state index contributed by atoms with van der Waals surface area (Å²) in [6, 6.07) is 15.2. The third kappa shape index (κ3) is 8.28. The molecule has 2 aliphatic rings. The van der Waals surface area contributed by atoms with Gasteiger partial charge in [-0.05, 0) is 43.0 Å². The van der Waals surface area contributed by atoms with Crippen molar-refractivity contribution in [3.8, 4) is 11.5 Å². The fraction of sp³-hybridized carbons (Fsp3) is 0.559. The molecule has 4 rings (SSSR count). The number of hydrogen-bond acceptors (Lipinski definition) is 7. The van der Waals surface area contributed by atoms with E-state index in [1.54, 1.807) is 18.7 Å². The Morgan fingerprint density at radius 3 is 2.28 bits per heavy atom. The van der Waals surface area contributed by atoms with E-state index in [2.05, 4.69) is 18.7 Å². The topological polar surface area (TPSA) is 88.6 Å². The number of ether oxygens (including phenoxy) is 3. The van der Waals surface area contributed by atoms with Crippen molar-refractivity contribution in [2.45, 2.75) is 71.9 Å². The van der Waals surface area contributed by atoms with Crippen molar-refractivity contribution in [1.29, 1.82) is 0 Å². The van der Waals surface area contributed by atoms with Crippen molar-refractivity contribution >= 4 is 17.8 Å². The Bertz CT molecular complexity index is 1210. The average Bonchev–Trinajstić information content (AvgIpc) is 3.61. The lowest BCUT2D eigenvalue weighted by Crippen LogP contribution is -2.50. The number of carbonyl (C=O) groups is 3. The molecule has 2 heterocycles. The van der Waals surface area contributed by atoms with Crippen LogP contribution >= 0.6 is 0 Å². The van der Waals surface area contributed by atoms with Gasteiger partial charge in [-0.3, -0.25) is 19.3 Å². The number of benzene rings is 2. The quantitative estimate of drug-likeness (QED) is 0.273. The maximum absolute atomic E-state index is 13.8. The van der Waals surface area contributed by atoms with Crippen LogP contribution in [0.5, 0.6) is 11.5 Å². The van der Waals surface area contributed by atoms with Crippen LogP contribution in [0.25, 0.3) is 0 Å².